The molecular weight excluding hydrogens is 246 g/mol. The third-order valence-electron chi connectivity index (χ3n) is 2.44. The summed E-state index contributed by atoms with van der Waals surface area (Å²) in [5, 5.41) is 11.8. The number of carboxylic acids is 1. The van der Waals surface area contributed by atoms with Gasteiger partial charge in [0.05, 0.1) is 35.4 Å². The molecule has 2 heterocycles. The van der Waals surface area contributed by atoms with E-state index < -0.39 is 5.97 Å². The fourth-order valence-electron chi connectivity index (χ4n) is 1.43. The molecule has 7 nitrogen and oxygen atoms in total. The number of nitrogens with two attached hydrogens (primary N) is 1. The number of nitrogens with one attached hydrogen (secondary N) is 1. The van der Waals surface area contributed by atoms with Crippen LogP contribution in [0.1, 0.15) is 21.7 Å². The summed E-state index contributed by atoms with van der Waals surface area (Å²) < 4.78 is 0. The minimum atomic E-state index is -1.06. The van der Waals surface area contributed by atoms with Crippen LogP contribution in [0.2, 0.25) is 0 Å². The maximum Gasteiger partial charge on any atom is 0.337 e. The number of aryl methyl sites for hydroxylation is 1. The molecule has 0 radical (unpaired) electrons. The third-order valence-corrected chi connectivity index (χ3v) is 2.44. The van der Waals surface area contributed by atoms with Gasteiger partial charge in [-0.05, 0) is 13.0 Å². The summed E-state index contributed by atoms with van der Waals surface area (Å²) in [5.74, 6) is -0.637. The normalized spacial score (nSPS) is 10.2. The number of hydrogen-bond acceptors (Lipinski definition) is 6. The van der Waals surface area contributed by atoms with Gasteiger partial charge in [-0.15, -0.1) is 0 Å². The number of aromatic nitrogens is 3. The Morgan fingerprint density at radius 3 is 2.68 bits per heavy atom. The number of carbonyl (C=O) groups is 1. The highest BCUT2D eigenvalue weighted by molar-refractivity contribution is 5.89. The van der Waals surface area contributed by atoms with Crippen LogP contribution in [-0.2, 0) is 6.54 Å². The quantitative estimate of drug-likeness (QED) is 0.752. The van der Waals surface area contributed by atoms with E-state index in [0.717, 1.165) is 11.4 Å². The van der Waals surface area contributed by atoms with E-state index in [1.807, 2.05) is 6.92 Å². The van der Waals surface area contributed by atoms with E-state index in [1.165, 1.54) is 12.3 Å². The molecule has 4 N–H and O–H groups in total. The van der Waals surface area contributed by atoms with Crippen LogP contribution in [-0.4, -0.2) is 26.0 Å². The van der Waals surface area contributed by atoms with Crippen LogP contribution in [0.5, 0.6) is 0 Å². The lowest BCUT2D eigenvalue weighted by atomic mass is 10.2. The largest absolute Gasteiger partial charge is 0.478 e. The molecule has 2 rings (SSSR count). The second-order valence-electron chi connectivity index (χ2n) is 3.97. The lowest BCUT2D eigenvalue weighted by Gasteiger charge is -2.08. The van der Waals surface area contributed by atoms with Crippen molar-refractivity contribution in [1.82, 2.24) is 15.0 Å². The van der Waals surface area contributed by atoms with Gasteiger partial charge in [0.2, 0.25) is 0 Å². The molecule has 0 aromatic carbocycles. The lowest BCUT2D eigenvalue weighted by Crippen LogP contribution is -2.08. The SMILES string of the molecule is Cc1cnc(CNc2ncc(C(=O)O)cc2N)cn1. The Morgan fingerprint density at radius 2 is 2.11 bits per heavy atom. The number of nitrogens with zero attached hydrogens (tertiary/aromatic N) is 3. The van der Waals surface area contributed by atoms with Gasteiger partial charge in [-0.1, -0.05) is 0 Å². The van der Waals surface area contributed by atoms with Crippen LogP contribution < -0.4 is 11.1 Å². The van der Waals surface area contributed by atoms with Crippen molar-refractivity contribution in [2.45, 2.75) is 13.5 Å². The standard InChI is InChI=1S/C12H13N5O2/c1-7-3-15-9(5-14-7)6-17-11-10(13)2-8(4-16-11)12(18)19/h2-5H,6,13H2,1H3,(H,16,17)(H,18,19). The Kier molecular flexibility index (Phi) is 3.56. The minimum Gasteiger partial charge on any atom is -0.478 e. The first kappa shape index (κ1) is 12.7. The average molecular weight is 259 g/mol. The highest BCUT2D eigenvalue weighted by Crippen LogP contribution is 2.16. The molecule has 2 aromatic heterocycles. The molecular formula is C12H13N5O2. The van der Waals surface area contributed by atoms with Gasteiger partial charge in [0.25, 0.3) is 0 Å². The Labute approximate surface area is 109 Å². The Hall–Kier alpha value is -2.70. The summed E-state index contributed by atoms with van der Waals surface area (Å²) in [6.07, 6.45) is 4.58. The van der Waals surface area contributed by atoms with E-state index in [4.69, 9.17) is 10.8 Å². The van der Waals surface area contributed by atoms with Crippen molar-refractivity contribution in [2.75, 3.05) is 11.1 Å². The second-order valence-corrected chi connectivity index (χ2v) is 3.97. The predicted octanol–water partition coefficient (Wildman–Crippen LogP) is 1.07. The van der Waals surface area contributed by atoms with Crippen molar-refractivity contribution < 1.29 is 9.90 Å². The third kappa shape index (κ3) is 3.15. The predicted molar refractivity (Wildman–Crippen MR) is 69.7 cm³/mol. The molecule has 0 aliphatic heterocycles. The van der Waals surface area contributed by atoms with Crippen molar-refractivity contribution in [2.24, 2.45) is 0 Å². The van der Waals surface area contributed by atoms with Crippen LogP contribution in [0.4, 0.5) is 11.5 Å². The number of hydrogen-bond donors (Lipinski definition) is 3. The van der Waals surface area contributed by atoms with Crippen LogP contribution in [0.3, 0.4) is 0 Å². The van der Waals surface area contributed by atoms with Gasteiger partial charge in [0.1, 0.15) is 5.82 Å². The number of pyridine rings is 1. The topological polar surface area (TPSA) is 114 Å². The molecule has 19 heavy (non-hydrogen) atoms. The fourth-order valence-corrected chi connectivity index (χ4v) is 1.43. The van der Waals surface area contributed by atoms with E-state index in [1.54, 1.807) is 12.4 Å². The van der Waals surface area contributed by atoms with E-state index >= 15 is 0 Å². The molecule has 7 heteroatoms. The summed E-state index contributed by atoms with van der Waals surface area (Å²) in [5.41, 5.74) is 7.64. The number of carboxylic acid groups (broad SMARTS) is 1. The van der Waals surface area contributed by atoms with E-state index in [-0.39, 0.29) is 11.3 Å². The zero-order chi connectivity index (χ0) is 13.8. The molecule has 2 aromatic rings. The van der Waals surface area contributed by atoms with Crippen molar-refractivity contribution >= 4 is 17.5 Å². The summed E-state index contributed by atoms with van der Waals surface area (Å²) in [6, 6.07) is 1.36. The average Bonchev–Trinajstić information content (AvgIpc) is 2.39. The van der Waals surface area contributed by atoms with Gasteiger partial charge in [-0.2, -0.15) is 0 Å². The molecule has 0 atom stereocenters. The molecule has 0 aliphatic carbocycles. The van der Waals surface area contributed by atoms with Crippen molar-refractivity contribution in [1.29, 1.82) is 0 Å². The summed E-state index contributed by atoms with van der Waals surface area (Å²) in [4.78, 5) is 23.0. The molecule has 0 spiro atoms. The molecule has 0 amide bonds. The fraction of sp³-hybridized carbons (Fsp3) is 0.167. The number of anilines is 2. The summed E-state index contributed by atoms with van der Waals surface area (Å²) >= 11 is 0. The molecule has 0 saturated carbocycles. The van der Waals surface area contributed by atoms with Crippen molar-refractivity contribution in [3.8, 4) is 0 Å². The first-order chi connectivity index (χ1) is 9.06. The maximum atomic E-state index is 10.7. The van der Waals surface area contributed by atoms with E-state index in [0.29, 0.717) is 12.4 Å². The van der Waals surface area contributed by atoms with Gasteiger partial charge in [0, 0.05) is 12.4 Å². The zero-order valence-electron chi connectivity index (χ0n) is 10.3. The Morgan fingerprint density at radius 1 is 1.32 bits per heavy atom. The van der Waals surface area contributed by atoms with Crippen LogP contribution in [0, 0.1) is 6.92 Å². The summed E-state index contributed by atoms with van der Waals surface area (Å²) in [6.45, 7) is 2.27. The zero-order valence-corrected chi connectivity index (χ0v) is 10.3. The number of nitrogen functional groups attached to an aromatic ring is 1. The number of rotatable bonds is 4. The highest BCUT2D eigenvalue weighted by Gasteiger charge is 2.07. The van der Waals surface area contributed by atoms with E-state index in [9.17, 15) is 4.79 Å². The minimum absolute atomic E-state index is 0.0539. The lowest BCUT2D eigenvalue weighted by molar-refractivity contribution is 0.0696. The molecule has 0 bridgehead atoms. The molecule has 98 valence electrons. The Balaban J connectivity index is 2.07. The van der Waals surface area contributed by atoms with Crippen LogP contribution in [0.25, 0.3) is 0 Å². The first-order valence-corrected chi connectivity index (χ1v) is 5.56. The van der Waals surface area contributed by atoms with Crippen molar-refractivity contribution in [3.05, 3.63) is 41.6 Å². The Bertz CT molecular complexity index is 598. The second kappa shape index (κ2) is 5.30. The van der Waals surface area contributed by atoms with Crippen LogP contribution in [0.15, 0.2) is 24.7 Å². The van der Waals surface area contributed by atoms with Gasteiger partial charge >= 0.3 is 5.97 Å². The van der Waals surface area contributed by atoms with Crippen LogP contribution >= 0.6 is 0 Å². The molecule has 0 aliphatic rings. The highest BCUT2D eigenvalue weighted by atomic mass is 16.4. The van der Waals surface area contributed by atoms with Gasteiger partial charge in [0.15, 0.2) is 0 Å². The van der Waals surface area contributed by atoms with Gasteiger partial charge in [-0.25, -0.2) is 9.78 Å². The smallest absolute Gasteiger partial charge is 0.337 e. The van der Waals surface area contributed by atoms with E-state index in [2.05, 4.69) is 20.3 Å². The number of aromatic carboxylic acids is 1. The van der Waals surface area contributed by atoms with Crippen molar-refractivity contribution in [3.63, 3.8) is 0 Å². The van der Waals surface area contributed by atoms with Gasteiger partial charge < -0.3 is 16.2 Å². The molecule has 0 unspecified atom stereocenters. The first-order valence-electron chi connectivity index (χ1n) is 5.56. The monoisotopic (exact) mass is 259 g/mol. The summed E-state index contributed by atoms with van der Waals surface area (Å²) in [7, 11) is 0. The molecule has 0 saturated heterocycles. The maximum absolute atomic E-state index is 10.7. The van der Waals surface area contributed by atoms with Gasteiger partial charge in [-0.3, -0.25) is 9.97 Å². The molecule has 0 fully saturated rings.